The highest BCUT2D eigenvalue weighted by Gasteiger charge is 2.07. The molecule has 1 N–H and O–H groups in total. The van der Waals surface area contributed by atoms with Crippen LogP contribution in [0.1, 0.15) is 27.9 Å². The Morgan fingerprint density at radius 3 is 2.16 bits per heavy atom. The van der Waals surface area contributed by atoms with E-state index in [1.807, 2.05) is 33.8 Å². The minimum atomic E-state index is -0.190. The van der Waals surface area contributed by atoms with Crippen LogP contribution in [-0.2, 0) is 6.54 Å². The van der Waals surface area contributed by atoms with Crippen molar-refractivity contribution in [3.05, 3.63) is 52.0 Å². The lowest BCUT2D eigenvalue weighted by molar-refractivity contribution is 0.624. The third-order valence-corrected chi connectivity index (χ3v) is 3.20. The second-order valence-corrected chi connectivity index (χ2v) is 4.89. The largest absolute Gasteiger partial charge is 0.364 e. The predicted molar refractivity (Wildman–Crippen MR) is 74.7 cm³/mol. The number of nitrogens with zero attached hydrogens (tertiary/aromatic N) is 2. The molecule has 0 saturated heterocycles. The Labute approximate surface area is 112 Å². The van der Waals surface area contributed by atoms with Crippen LogP contribution in [0.5, 0.6) is 0 Å². The van der Waals surface area contributed by atoms with Crippen LogP contribution >= 0.6 is 0 Å². The van der Waals surface area contributed by atoms with Crippen LogP contribution in [0, 0.1) is 33.5 Å². The molecular weight excluding hydrogens is 241 g/mol. The first kappa shape index (κ1) is 13.5. The first-order valence-electron chi connectivity index (χ1n) is 6.28. The molecule has 1 heterocycles. The van der Waals surface area contributed by atoms with Gasteiger partial charge < -0.3 is 5.32 Å². The zero-order valence-corrected chi connectivity index (χ0v) is 11.7. The van der Waals surface area contributed by atoms with Crippen LogP contribution in [0.25, 0.3) is 0 Å². The van der Waals surface area contributed by atoms with Gasteiger partial charge in [-0.2, -0.15) is 5.10 Å². The molecule has 0 aliphatic heterocycles. The molecule has 100 valence electrons. The Kier molecular flexibility index (Phi) is 3.79. The van der Waals surface area contributed by atoms with Crippen molar-refractivity contribution in [2.45, 2.75) is 34.2 Å². The molecule has 0 atom stereocenters. The van der Waals surface area contributed by atoms with Crippen molar-refractivity contribution in [3.63, 3.8) is 0 Å². The lowest BCUT2D eigenvalue weighted by atomic mass is 10.0. The quantitative estimate of drug-likeness (QED) is 0.917. The minimum absolute atomic E-state index is 0.190. The van der Waals surface area contributed by atoms with Gasteiger partial charge in [-0.3, -0.25) is 0 Å². The second kappa shape index (κ2) is 5.34. The molecular formula is C15H18FN3. The van der Waals surface area contributed by atoms with Crippen LogP contribution < -0.4 is 5.32 Å². The summed E-state index contributed by atoms with van der Waals surface area (Å²) < 4.78 is 13.2. The number of hydrogen-bond acceptors (Lipinski definition) is 3. The molecule has 0 aliphatic carbocycles. The molecule has 0 saturated carbocycles. The Balaban J connectivity index is 2.19. The van der Waals surface area contributed by atoms with Gasteiger partial charge >= 0.3 is 0 Å². The fraction of sp³-hybridized carbons (Fsp3) is 0.333. The molecule has 0 amide bonds. The molecule has 0 aliphatic rings. The van der Waals surface area contributed by atoms with E-state index in [0.717, 1.165) is 33.8 Å². The summed E-state index contributed by atoms with van der Waals surface area (Å²) >= 11 is 0. The molecule has 0 radical (unpaired) electrons. The van der Waals surface area contributed by atoms with Crippen molar-refractivity contribution >= 4 is 5.82 Å². The van der Waals surface area contributed by atoms with E-state index < -0.39 is 0 Å². The van der Waals surface area contributed by atoms with Crippen LogP contribution in [0.3, 0.4) is 0 Å². The summed E-state index contributed by atoms with van der Waals surface area (Å²) in [4.78, 5) is 0. The third kappa shape index (κ3) is 3.08. The van der Waals surface area contributed by atoms with Gasteiger partial charge in [-0.15, -0.1) is 5.10 Å². The maximum absolute atomic E-state index is 13.2. The Morgan fingerprint density at radius 1 is 0.947 bits per heavy atom. The van der Waals surface area contributed by atoms with Crippen LogP contribution in [0.2, 0.25) is 0 Å². The highest BCUT2D eigenvalue weighted by Crippen LogP contribution is 2.18. The van der Waals surface area contributed by atoms with Gasteiger partial charge in [0.05, 0.1) is 5.69 Å². The Hall–Kier alpha value is -1.97. The van der Waals surface area contributed by atoms with Crippen molar-refractivity contribution in [1.29, 1.82) is 0 Å². The summed E-state index contributed by atoms with van der Waals surface area (Å²) in [5.74, 6) is 0.582. The zero-order chi connectivity index (χ0) is 14.0. The highest BCUT2D eigenvalue weighted by molar-refractivity contribution is 5.45. The number of hydrogen-bond donors (Lipinski definition) is 1. The van der Waals surface area contributed by atoms with Crippen molar-refractivity contribution in [2.75, 3.05) is 5.32 Å². The molecule has 0 bridgehead atoms. The lowest BCUT2D eigenvalue weighted by Crippen LogP contribution is -2.07. The first-order chi connectivity index (χ1) is 8.97. The Morgan fingerprint density at radius 2 is 1.58 bits per heavy atom. The molecule has 4 heteroatoms. The molecule has 2 rings (SSSR count). The van der Waals surface area contributed by atoms with E-state index in [4.69, 9.17) is 0 Å². The monoisotopic (exact) mass is 259 g/mol. The number of benzene rings is 1. The summed E-state index contributed by atoms with van der Waals surface area (Å²) in [6.07, 6.45) is 0. The van der Waals surface area contributed by atoms with E-state index in [-0.39, 0.29) is 5.82 Å². The average molecular weight is 259 g/mol. The number of anilines is 1. The normalized spacial score (nSPS) is 10.6. The number of aromatic nitrogens is 2. The van der Waals surface area contributed by atoms with Gasteiger partial charge in [-0.25, -0.2) is 4.39 Å². The van der Waals surface area contributed by atoms with Crippen LogP contribution in [-0.4, -0.2) is 10.2 Å². The smallest absolute Gasteiger partial charge is 0.151 e. The number of nitrogens with one attached hydrogen (secondary N) is 1. The van der Waals surface area contributed by atoms with Crippen molar-refractivity contribution in [3.8, 4) is 0 Å². The summed E-state index contributed by atoms with van der Waals surface area (Å²) in [6.45, 7) is 8.37. The van der Waals surface area contributed by atoms with E-state index in [0.29, 0.717) is 6.54 Å². The molecule has 0 unspecified atom stereocenters. The van der Waals surface area contributed by atoms with Gasteiger partial charge in [-0.1, -0.05) is 0 Å². The van der Waals surface area contributed by atoms with Crippen LogP contribution in [0.4, 0.5) is 10.2 Å². The lowest BCUT2D eigenvalue weighted by Gasteiger charge is -2.13. The van der Waals surface area contributed by atoms with Crippen molar-refractivity contribution in [1.82, 2.24) is 10.2 Å². The number of aryl methyl sites for hydroxylation is 4. The number of rotatable bonds is 3. The average Bonchev–Trinajstić information content (AvgIpc) is 2.30. The molecule has 2 aromatic rings. The SMILES string of the molecule is Cc1cc(C)c(NCc2c(C)cc(F)cc2C)nn1. The van der Waals surface area contributed by atoms with Crippen molar-refractivity contribution in [2.24, 2.45) is 0 Å². The second-order valence-electron chi connectivity index (χ2n) is 4.89. The zero-order valence-electron chi connectivity index (χ0n) is 11.7. The first-order valence-corrected chi connectivity index (χ1v) is 6.28. The van der Waals surface area contributed by atoms with Gasteiger partial charge in [0.15, 0.2) is 5.82 Å². The Bertz CT molecular complexity index is 585. The molecule has 1 aromatic heterocycles. The molecule has 1 aromatic carbocycles. The summed E-state index contributed by atoms with van der Waals surface area (Å²) in [6, 6.07) is 5.09. The predicted octanol–water partition coefficient (Wildman–Crippen LogP) is 3.46. The van der Waals surface area contributed by atoms with E-state index in [2.05, 4.69) is 15.5 Å². The van der Waals surface area contributed by atoms with Gasteiger partial charge in [0, 0.05) is 6.54 Å². The maximum atomic E-state index is 13.2. The number of halogens is 1. The van der Waals surface area contributed by atoms with E-state index in [9.17, 15) is 4.39 Å². The van der Waals surface area contributed by atoms with Gasteiger partial charge in [0.25, 0.3) is 0 Å². The van der Waals surface area contributed by atoms with E-state index >= 15 is 0 Å². The minimum Gasteiger partial charge on any atom is -0.364 e. The van der Waals surface area contributed by atoms with Gasteiger partial charge in [-0.05, 0) is 68.1 Å². The van der Waals surface area contributed by atoms with E-state index in [1.54, 1.807) is 12.1 Å². The maximum Gasteiger partial charge on any atom is 0.151 e. The summed E-state index contributed by atoms with van der Waals surface area (Å²) in [5.41, 5.74) is 4.95. The fourth-order valence-electron chi connectivity index (χ4n) is 2.18. The molecule has 0 spiro atoms. The highest BCUT2D eigenvalue weighted by atomic mass is 19.1. The summed E-state index contributed by atoms with van der Waals surface area (Å²) in [5, 5.41) is 11.4. The van der Waals surface area contributed by atoms with E-state index in [1.165, 1.54) is 0 Å². The molecule has 19 heavy (non-hydrogen) atoms. The molecule has 0 fully saturated rings. The van der Waals surface area contributed by atoms with Gasteiger partial charge in [0.1, 0.15) is 5.82 Å². The fourth-order valence-corrected chi connectivity index (χ4v) is 2.18. The summed E-state index contributed by atoms with van der Waals surface area (Å²) in [7, 11) is 0. The topological polar surface area (TPSA) is 37.8 Å². The standard InChI is InChI=1S/C15H18FN3/c1-9-6-13(16)7-10(2)14(9)8-17-15-11(3)5-12(4)18-19-15/h5-7H,8H2,1-4H3,(H,17,19). The third-order valence-electron chi connectivity index (χ3n) is 3.20. The van der Waals surface area contributed by atoms with Gasteiger partial charge in [0.2, 0.25) is 0 Å². The van der Waals surface area contributed by atoms with Crippen LogP contribution in [0.15, 0.2) is 18.2 Å². The molecule has 3 nitrogen and oxygen atoms in total. The van der Waals surface area contributed by atoms with Crippen molar-refractivity contribution < 1.29 is 4.39 Å².